The average molecular weight is 544 g/mol. The maximum absolute atomic E-state index is 13.1. The molecule has 0 radical (unpaired) electrons. The summed E-state index contributed by atoms with van der Waals surface area (Å²) in [6.07, 6.45) is 4.93. The van der Waals surface area contributed by atoms with Crippen LogP contribution < -0.4 is 10.5 Å². The van der Waals surface area contributed by atoms with Gasteiger partial charge in [0.15, 0.2) is 5.03 Å². The normalized spacial score (nSPS) is 18.9. The van der Waals surface area contributed by atoms with Crippen molar-refractivity contribution in [3.05, 3.63) is 47.8 Å². The molecule has 3 heterocycles. The van der Waals surface area contributed by atoms with E-state index in [0.29, 0.717) is 18.2 Å². The van der Waals surface area contributed by atoms with E-state index in [1.165, 1.54) is 11.6 Å². The highest BCUT2D eigenvalue weighted by molar-refractivity contribution is 7.89. The molecule has 0 aliphatic carbocycles. The molecule has 38 heavy (non-hydrogen) atoms. The SMILES string of the molecule is CC(C)(C)CC(=O)N1C[C@@H](CCC(Nc2cccc(S(N)(=O)=O)n2)c2cc(C(C)(C)C)ccn2)CC1(C)C. The lowest BCUT2D eigenvalue weighted by Crippen LogP contribution is -2.43. The molecule has 0 aromatic carbocycles. The summed E-state index contributed by atoms with van der Waals surface area (Å²) in [6.45, 7) is 17.8. The molecule has 1 saturated heterocycles. The molecule has 2 aromatic heterocycles. The molecule has 1 amide bonds. The predicted octanol–water partition coefficient (Wildman–Crippen LogP) is 5.42. The Labute approximate surface area is 228 Å². The molecule has 3 N–H and O–H groups in total. The number of likely N-dealkylation sites (tertiary alicyclic amines) is 1. The van der Waals surface area contributed by atoms with E-state index in [-0.39, 0.29) is 33.3 Å². The van der Waals surface area contributed by atoms with Crippen LogP contribution in [0.25, 0.3) is 0 Å². The first kappa shape index (κ1) is 30.0. The number of rotatable bonds is 8. The lowest BCUT2D eigenvalue weighted by Gasteiger charge is -2.33. The molecule has 1 aliphatic heterocycles. The van der Waals surface area contributed by atoms with Crippen LogP contribution in [0.5, 0.6) is 0 Å². The topological polar surface area (TPSA) is 118 Å². The van der Waals surface area contributed by atoms with Crippen molar-refractivity contribution in [2.75, 3.05) is 11.9 Å². The average Bonchev–Trinajstić information content (AvgIpc) is 3.09. The number of amides is 1. The van der Waals surface area contributed by atoms with Crippen LogP contribution in [-0.2, 0) is 20.2 Å². The summed E-state index contributed by atoms with van der Waals surface area (Å²) in [6, 6.07) is 8.70. The zero-order valence-corrected chi connectivity index (χ0v) is 25.0. The zero-order valence-electron chi connectivity index (χ0n) is 24.2. The number of primary sulfonamides is 1. The smallest absolute Gasteiger partial charge is 0.255 e. The minimum absolute atomic E-state index is 0.0442. The van der Waals surface area contributed by atoms with Gasteiger partial charge in [0, 0.05) is 24.7 Å². The van der Waals surface area contributed by atoms with E-state index in [1.807, 2.05) is 12.3 Å². The number of nitrogens with two attached hydrogens (primary N) is 1. The monoisotopic (exact) mass is 543 g/mol. The van der Waals surface area contributed by atoms with Crippen LogP contribution >= 0.6 is 0 Å². The molecule has 210 valence electrons. The van der Waals surface area contributed by atoms with Crippen LogP contribution in [0.4, 0.5) is 5.82 Å². The Morgan fingerprint density at radius 2 is 1.87 bits per heavy atom. The highest BCUT2D eigenvalue weighted by atomic mass is 32.2. The van der Waals surface area contributed by atoms with Gasteiger partial charge in [0.25, 0.3) is 10.0 Å². The summed E-state index contributed by atoms with van der Waals surface area (Å²) in [4.78, 5) is 24.1. The Hall–Kier alpha value is -2.52. The highest BCUT2D eigenvalue weighted by Gasteiger charge is 2.41. The lowest BCUT2D eigenvalue weighted by molar-refractivity contribution is -0.136. The van der Waals surface area contributed by atoms with Crippen molar-refractivity contribution in [1.29, 1.82) is 0 Å². The second-order valence-corrected chi connectivity index (χ2v) is 15.0. The van der Waals surface area contributed by atoms with E-state index >= 15 is 0 Å². The van der Waals surface area contributed by atoms with Gasteiger partial charge in [-0.3, -0.25) is 9.78 Å². The van der Waals surface area contributed by atoms with Crippen LogP contribution in [0, 0.1) is 11.3 Å². The summed E-state index contributed by atoms with van der Waals surface area (Å²) in [7, 11) is -3.92. The van der Waals surface area contributed by atoms with Crippen LogP contribution in [0.2, 0.25) is 0 Å². The number of sulfonamides is 1. The van der Waals surface area contributed by atoms with Gasteiger partial charge in [-0.15, -0.1) is 0 Å². The van der Waals surface area contributed by atoms with E-state index < -0.39 is 10.0 Å². The number of carbonyl (C=O) groups excluding carboxylic acids is 1. The van der Waals surface area contributed by atoms with Gasteiger partial charge in [-0.2, -0.15) is 0 Å². The maximum atomic E-state index is 13.1. The third-order valence-electron chi connectivity index (χ3n) is 7.15. The first-order valence-electron chi connectivity index (χ1n) is 13.4. The molecule has 1 unspecified atom stereocenters. The molecule has 1 aliphatic rings. The van der Waals surface area contributed by atoms with Crippen LogP contribution in [0.15, 0.2) is 41.6 Å². The molecular formula is C29H45N5O3S. The van der Waals surface area contributed by atoms with Crippen molar-refractivity contribution in [3.63, 3.8) is 0 Å². The first-order chi connectivity index (χ1) is 17.3. The number of hydrogen-bond donors (Lipinski definition) is 2. The maximum Gasteiger partial charge on any atom is 0.255 e. The molecule has 0 spiro atoms. The Morgan fingerprint density at radius 3 is 2.47 bits per heavy atom. The van der Waals surface area contributed by atoms with Crippen molar-refractivity contribution in [2.45, 2.75) is 103 Å². The van der Waals surface area contributed by atoms with Crippen LogP contribution in [-0.4, -0.2) is 41.3 Å². The van der Waals surface area contributed by atoms with Gasteiger partial charge in [0.1, 0.15) is 5.82 Å². The summed E-state index contributed by atoms with van der Waals surface area (Å²) in [5.41, 5.74) is 1.76. The molecule has 2 atom stereocenters. The molecule has 9 heteroatoms. The quantitative estimate of drug-likeness (QED) is 0.459. The summed E-state index contributed by atoms with van der Waals surface area (Å²) in [5, 5.41) is 8.56. The lowest BCUT2D eigenvalue weighted by atomic mass is 9.86. The van der Waals surface area contributed by atoms with E-state index in [1.54, 1.807) is 12.1 Å². The van der Waals surface area contributed by atoms with Gasteiger partial charge in [0.2, 0.25) is 5.91 Å². The molecule has 1 fully saturated rings. The second-order valence-electron chi connectivity index (χ2n) is 13.5. The molecule has 8 nitrogen and oxygen atoms in total. The van der Waals surface area contributed by atoms with E-state index in [9.17, 15) is 13.2 Å². The minimum atomic E-state index is -3.92. The summed E-state index contributed by atoms with van der Waals surface area (Å²) >= 11 is 0. The standard InChI is InChI=1S/C29H45N5O3S/c1-27(2,3)18-26(35)34-19-20(17-29(34,7)8)12-13-22(23-16-21(14-15-31-23)28(4,5)6)32-24-10-9-11-25(33-24)38(30,36)37/h9-11,14-16,20,22H,12-13,17-19H2,1-8H3,(H,32,33)(H2,30,36,37)/t20-,22?/m0/s1. The first-order valence-corrected chi connectivity index (χ1v) is 14.9. The van der Waals surface area contributed by atoms with Crippen molar-refractivity contribution in [1.82, 2.24) is 14.9 Å². The third kappa shape index (κ3) is 7.99. The molecule has 0 saturated carbocycles. The third-order valence-corrected chi connectivity index (χ3v) is 7.96. The van der Waals surface area contributed by atoms with Gasteiger partial charge >= 0.3 is 0 Å². The van der Waals surface area contributed by atoms with Gasteiger partial charge in [-0.25, -0.2) is 18.5 Å². The van der Waals surface area contributed by atoms with Crippen LogP contribution in [0.1, 0.15) is 98.4 Å². The predicted molar refractivity (Wildman–Crippen MR) is 152 cm³/mol. The minimum Gasteiger partial charge on any atom is -0.362 e. The number of anilines is 1. The Bertz CT molecular complexity index is 1250. The van der Waals surface area contributed by atoms with Gasteiger partial charge in [-0.05, 0) is 79.7 Å². The Morgan fingerprint density at radius 1 is 1.18 bits per heavy atom. The summed E-state index contributed by atoms with van der Waals surface area (Å²) in [5.74, 6) is 0.995. The van der Waals surface area contributed by atoms with Crippen molar-refractivity contribution in [2.24, 2.45) is 16.5 Å². The summed E-state index contributed by atoms with van der Waals surface area (Å²) < 4.78 is 23.7. The molecule has 3 rings (SSSR count). The van der Waals surface area contributed by atoms with Gasteiger partial charge in [-0.1, -0.05) is 47.6 Å². The fourth-order valence-electron chi connectivity index (χ4n) is 5.20. The fourth-order valence-corrected chi connectivity index (χ4v) is 5.70. The number of carbonyl (C=O) groups is 1. The van der Waals surface area contributed by atoms with Crippen molar-refractivity contribution < 1.29 is 13.2 Å². The number of hydrogen-bond acceptors (Lipinski definition) is 6. The second kappa shape index (κ2) is 10.9. The highest BCUT2D eigenvalue weighted by Crippen LogP contribution is 2.38. The Balaban J connectivity index is 1.84. The number of nitrogens with one attached hydrogen (secondary N) is 1. The van der Waals surface area contributed by atoms with E-state index in [2.05, 4.69) is 81.6 Å². The van der Waals surface area contributed by atoms with E-state index in [0.717, 1.165) is 31.5 Å². The van der Waals surface area contributed by atoms with Crippen molar-refractivity contribution in [3.8, 4) is 0 Å². The van der Waals surface area contributed by atoms with E-state index in [4.69, 9.17) is 5.14 Å². The van der Waals surface area contributed by atoms with Crippen molar-refractivity contribution >= 4 is 21.7 Å². The number of aromatic nitrogens is 2. The van der Waals surface area contributed by atoms with Gasteiger partial charge in [0.05, 0.1) is 11.7 Å². The molecule has 2 aromatic rings. The largest absolute Gasteiger partial charge is 0.362 e. The van der Waals surface area contributed by atoms with Crippen LogP contribution in [0.3, 0.4) is 0 Å². The number of pyridine rings is 2. The zero-order chi connectivity index (χ0) is 28.5. The molecule has 0 bridgehead atoms. The Kier molecular flexibility index (Phi) is 8.63. The fraction of sp³-hybridized carbons (Fsp3) is 0.621. The van der Waals surface area contributed by atoms with Gasteiger partial charge < -0.3 is 10.2 Å². The molecular weight excluding hydrogens is 498 g/mol. The number of nitrogens with zero attached hydrogens (tertiary/aromatic N) is 3.